The molecular weight excluding hydrogens is 777 g/mol. The first kappa shape index (κ1) is 57.2. The summed E-state index contributed by atoms with van der Waals surface area (Å²) in [6.45, 7) is 13.3. The summed E-state index contributed by atoms with van der Waals surface area (Å²) in [7, 11) is 0. The summed E-state index contributed by atoms with van der Waals surface area (Å²) in [4.78, 5) is 11.9. The van der Waals surface area contributed by atoms with Gasteiger partial charge in [0.1, 0.15) is 19.0 Å². The summed E-state index contributed by atoms with van der Waals surface area (Å²) >= 11 is 0. The normalized spacial score (nSPS) is 11.4. The highest BCUT2D eigenvalue weighted by molar-refractivity contribution is 5.69. The van der Waals surface area contributed by atoms with Gasteiger partial charge >= 0.3 is 5.97 Å². The van der Waals surface area contributed by atoms with Crippen LogP contribution in [0.5, 0.6) is 5.75 Å². The number of rotatable bonds is 51. The Morgan fingerprint density at radius 2 is 0.639 bits per heavy atom. The molecular formula is C50H92O11. The lowest BCUT2D eigenvalue weighted by Gasteiger charge is -2.09. The molecule has 358 valence electrons. The topological polar surface area (TPSA) is 109 Å². The van der Waals surface area contributed by atoms with Gasteiger partial charge in [-0.25, -0.2) is 0 Å². The molecule has 0 fully saturated rings. The van der Waals surface area contributed by atoms with Crippen LogP contribution in [0.2, 0.25) is 0 Å². The predicted octanol–water partition coefficient (Wildman–Crippen LogP) is 10.9. The molecule has 0 aliphatic heterocycles. The van der Waals surface area contributed by atoms with Gasteiger partial charge in [-0.3, -0.25) is 4.79 Å². The van der Waals surface area contributed by atoms with Crippen LogP contribution >= 0.6 is 0 Å². The minimum atomic E-state index is -0.128. The molecule has 0 saturated heterocycles. The van der Waals surface area contributed by atoms with E-state index in [-0.39, 0.29) is 5.97 Å². The largest absolute Gasteiger partial charge is 0.491 e. The highest BCUT2D eigenvalue weighted by Gasteiger charge is 2.03. The Labute approximate surface area is 373 Å². The van der Waals surface area contributed by atoms with Crippen molar-refractivity contribution in [3.05, 3.63) is 29.8 Å². The van der Waals surface area contributed by atoms with E-state index in [4.69, 9.17) is 47.4 Å². The van der Waals surface area contributed by atoms with Gasteiger partial charge in [0.25, 0.3) is 0 Å². The van der Waals surface area contributed by atoms with E-state index in [1.807, 2.05) is 0 Å². The van der Waals surface area contributed by atoms with Crippen LogP contribution in [0.25, 0.3) is 0 Å². The van der Waals surface area contributed by atoms with Crippen molar-refractivity contribution in [1.82, 2.24) is 0 Å². The molecule has 0 bridgehead atoms. The third-order valence-corrected chi connectivity index (χ3v) is 10.3. The van der Waals surface area contributed by atoms with Crippen molar-refractivity contribution in [2.75, 3.05) is 119 Å². The van der Waals surface area contributed by atoms with Gasteiger partial charge in [-0.05, 0) is 37.0 Å². The molecule has 0 amide bonds. The molecule has 11 nitrogen and oxygen atoms in total. The molecule has 1 aromatic carbocycles. The van der Waals surface area contributed by atoms with Crippen LogP contribution in [0, 0.1) is 0 Å². The average molecular weight is 869 g/mol. The van der Waals surface area contributed by atoms with Gasteiger partial charge in [-0.1, -0.05) is 148 Å². The first-order valence-electron chi connectivity index (χ1n) is 24.8. The molecule has 11 heteroatoms. The first-order valence-corrected chi connectivity index (χ1v) is 24.8. The minimum Gasteiger partial charge on any atom is -0.491 e. The number of aryl methyl sites for hydroxylation is 1. The van der Waals surface area contributed by atoms with Crippen LogP contribution < -0.4 is 4.74 Å². The van der Waals surface area contributed by atoms with Gasteiger partial charge in [-0.2, -0.15) is 0 Å². The Morgan fingerprint density at radius 3 is 1.00 bits per heavy atom. The Kier molecular flexibility index (Phi) is 46.1. The van der Waals surface area contributed by atoms with E-state index in [1.54, 1.807) is 0 Å². The van der Waals surface area contributed by atoms with Gasteiger partial charge < -0.3 is 47.4 Å². The molecule has 0 unspecified atom stereocenters. The molecule has 0 aromatic heterocycles. The third kappa shape index (κ3) is 44.6. The summed E-state index contributed by atoms with van der Waals surface area (Å²) in [6, 6.07) is 8.44. The average Bonchev–Trinajstić information content (AvgIpc) is 3.27. The monoisotopic (exact) mass is 869 g/mol. The molecule has 1 aromatic rings. The van der Waals surface area contributed by atoms with Crippen molar-refractivity contribution >= 4 is 5.97 Å². The molecule has 0 atom stereocenters. The van der Waals surface area contributed by atoms with Crippen molar-refractivity contribution in [3.8, 4) is 5.75 Å². The van der Waals surface area contributed by atoms with Gasteiger partial charge in [0.2, 0.25) is 0 Å². The number of hydrogen-bond donors (Lipinski definition) is 0. The summed E-state index contributed by atoms with van der Waals surface area (Å²) in [5.74, 6) is 0.757. The van der Waals surface area contributed by atoms with E-state index in [2.05, 4.69) is 38.1 Å². The summed E-state index contributed by atoms with van der Waals surface area (Å²) in [5.41, 5.74) is 1.38. The summed E-state index contributed by atoms with van der Waals surface area (Å²) in [5, 5.41) is 0. The Morgan fingerprint density at radius 1 is 0.344 bits per heavy atom. The van der Waals surface area contributed by atoms with E-state index < -0.39 is 0 Å². The molecule has 0 aliphatic rings. The lowest BCUT2D eigenvalue weighted by molar-refractivity contribution is -0.145. The standard InChI is InChI=1S/C50H92O11/c1-3-5-7-9-11-12-13-14-15-16-17-18-19-21-23-25-50(51)61-47-45-59-43-41-57-39-37-55-35-33-53-31-30-52-32-34-54-36-38-56-40-42-58-44-46-60-49-28-26-48(27-29-49)24-22-20-10-8-6-4-2/h26-29H,3-25,30-47H2,1-2H3. The van der Waals surface area contributed by atoms with Crippen LogP contribution in [0.3, 0.4) is 0 Å². The zero-order chi connectivity index (χ0) is 43.6. The van der Waals surface area contributed by atoms with Crippen LogP contribution in [0.15, 0.2) is 24.3 Å². The third-order valence-electron chi connectivity index (χ3n) is 10.3. The van der Waals surface area contributed by atoms with Crippen molar-refractivity contribution < 1.29 is 52.2 Å². The second-order valence-corrected chi connectivity index (χ2v) is 15.8. The van der Waals surface area contributed by atoms with E-state index in [0.717, 1.165) is 25.0 Å². The smallest absolute Gasteiger partial charge is 0.305 e. The van der Waals surface area contributed by atoms with E-state index >= 15 is 0 Å². The second kappa shape index (κ2) is 49.2. The minimum absolute atomic E-state index is 0.128. The van der Waals surface area contributed by atoms with Crippen molar-refractivity contribution in [2.24, 2.45) is 0 Å². The SMILES string of the molecule is CCCCCCCCCCCCCCCCCC(=O)OCCOCCOCCOCCOCCOCCOCCOCCOCCOc1ccc(CCCCCCCC)cc1. The fourth-order valence-electron chi connectivity index (χ4n) is 6.65. The number of ether oxygens (including phenoxy) is 10. The van der Waals surface area contributed by atoms with Crippen LogP contribution in [-0.4, -0.2) is 125 Å². The number of unbranched alkanes of at least 4 members (excludes halogenated alkanes) is 19. The van der Waals surface area contributed by atoms with Gasteiger partial charge in [0, 0.05) is 6.42 Å². The Hall–Kier alpha value is -1.83. The number of hydrogen-bond acceptors (Lipinski definition) is 11. The van der Waals surface area contributed by atoms with Gasteiger partial charge in [-0.15, -0.1) is 0 Å². The molecule has 0 spiro atoms. The number of benzene rings is 1. The quantitative estimate of drug-likeness (QED) is 0.0461. The zero-order valence-corrected chi connectivity index (χ0v) is 39.3. The molecule has 1 rings (SSSR count). The van der Waals surface area contributed by atoms with Crippen LogP contribution in [-0.2, 0) is 53.8 Å². The van der Waals surface area contributed by atoms with Crippen molar-refractivity contribution in [1.29, 1.82) is 0 Å². The maximum Gasteiger partial charge on any atom is 0.305 e. The first-order chi connectivity index (χ1) is 30.3. The highest BCUT2D eigenvalue weighted by atomic mass is 16.6. The second-order valence-electron chi connectivity index (χ2n) is 15.8. The van der Waals surface area contributed by atoms with Crippen molar-refractivity contribution in [3.63, 3.8) is 0 Å². The molecule has 0 N–H and O–H groups in total. The summed E-state index contributed by atoms with van der Waals surface area (Å²) in [6.07, 6.45) is 29.3. The fourth-order valence-corrected chi connectivity index (χ4v) is 6.65. The molecule has 61 heavy (non-hydrogen) atoms. The number of carbonyl (C=O) groups excluding carboxylic acids is 1. The molecule has 0 aliphatic carbocycles. The number of esters is 1. The van der Waals surface area contributed by atoms with Gasteiger partial charge in [0.05, 0.1) is 106 Å². The van der Waals surface area contributed by atoms with Gasteiger partial charge in [0.15, 0.2) is 0 Å². The molecule has 0 radical (unpaired) electrons. The Balaban J connectivity index is 1.68. The zero-order valence-electron chi connectivity index (χ0n) is 39.3. The molecule has 0 saturated carbocycles. The highest BCUT2D eigenvalue weighted by Crippen LogP contribution is 2.16. The van der Waals surface area contributed by atoms with Crippen LogP contribution in [0.4, 0.5) is 0 Å². The molecule has 0 heterocycles. The number of carbonyl (C=O) groups is 1. The fraction of sp³-hybridized carbons (Fsp3) is 0.860. The van der Waals surface area contributed by atoms with E-state index in [1.165, 1.54) is 128 Å². The van der Waals surface area contributed by atoms with Crippen LogP contribution in [0.1, 0.15) is 161 Å². The van der Waals surface area contributed by atoms with Crippen molar-refractivity contribution in [2.45, 2.75) is 162 Å². The Bertz CT molecular complexity index is 996. The lowest BCUT2D eigenvalue weighted by Crippen LogP contribution is -2.15. The lowest BCUT2D eigenvalue weighted by atomic mass is 10.0. The maximum atomic E-state index is 11.9. The van der Waals surface area contributed by atoms with E-state index in [9.17, 15) is 4.79 Å². The maximum absolute atomic E-state index is 11.9. The van der Waals surface area contributed by atoms with E-state index in [0.29, 0.717) is 125 Å². The predicted molar refractivity (Wildman–Crippen MR) is 246 cm³/mol. The summed E-state index contributed by atoms with van der Waals surface area (Å²) < 4.78 is 55.4.